The quantitative estimate of drug-likeness (QED) is 0.790. The number of aromatic nitrogens is 3. The third-order valence-corrected chi connectivity index (χ3v) is 2.32. The fourth-order valence-electron chi connectivity index (χ4n) is 1.42. The summed E-state index contributed by atoms with van der Waals surface area (Å²) in [5, 5.41) is 6.97. The van der Waals surface area contributed by atoms with Gasteiger partial charge in [0.2, 0.25) is 0 Å². The summed E-state index contributed by atoms with van der Waals surface area (Å²) in [5.41, 5.74) is 7.07. The van der Waals surface area contributed by atoms with Crippen molar-refractivity contribution in [2.45, 2.75) is 19.4 Å². The van der Waals surface area contributed by atoms with Gasteiger partial charge in [-0.2, -0.15) is 5.10 Å². The molecule has 0 saturated heterocycles. The topological polar surface area (TPSA) is 67.6 Å². The molecule has 4 nitrogen and oxygen atoms in total. The summed E-state index contributed by atoms with van der Waals surface area (Å²) in [6, 6.07) is 9.60. The van der Waals surface area contributed by atoms with Crippen LogP contribution in [-0.2, 0) is 6.42 Å². The van der Waals surface area contributed by atoms with Gasteiger partial charge in [-0.3, -0.25) is 5.10 Å². The second kappa shape index (κ2) is 4.23. The molecule has 0 fully saturated rings. The molecule has 0 aliphatic carbocycles. The highest BCUT2D eigenvalue weighted by Crippen LogP contribution is 2.15. The van der Waals surface area contributed by atoms with Crippen molar-refractivity contribution < 1.29 is 0 Å². The molecule has 2 aromatic rings. The van der Waals surface area contributed by atoms with Crippen LogP contribution < -0.4 is 5.73 Å². The van der Waals surface area contributed by atoms with Gasteiger partial charge >= 0.3 is 0 Å². The van der Waals surface area contributed by atoms with Crippen molar-refractivity contribution in [2.24, 2.45) is 5.73 Å². The van der Waals surface area contributed by atoms with Gasteiger partial charge in [-0.1, -0.05) is 37.3 Å². The summed E-state index contributed by atoms with van der Waals surface area (Å²) in [4.78, 5) is 4.31. The number of nitrogens with two attached hydrogens (primary N) is 1. The molecule has 1 atom stereocenters. The lowest BCUT2D eigenvalue weighted by molar-refractivity contribution is 0.787. The summed E-state index contributed by atoms with van der Waals surface area (Å²) >= 11 is 0. The first kappa shape index (κ1) is 9.86. The molecule has 0 radical (unpaired) electrons. The SMILES string of the molecule is CCc1nc([C@@H](N)c2ccccc2)n[nH]1. The van der Waals surface area contributed by atoms with Gasteiger partial charge in [0, 0.05) is 6.42 Å². The Hall–Kier alpha value is -1.68. The van der Waals surface area contributed by atoms with E-state index >= 15 is 0 Å². The van der Waals surface area contributed by atoms with Crippen molar-refractivity contribution in [1.29, 1.82) is 0 Å². The second-order valence-corrected chi connectivity index (χ2v) is 3.38. The average Bonchev–Trinajstić information content (AvgIpc) is 2.78. The Morgan fingerprint density at radius 1 is 1.33 bits per heavy atom. The van der Waals surface area contributed by atoms with Crippen molar-refractivity contribution in [1.82, 2.24) is 15.2 Å². The van der Waals surface area contributed by atoms with Crippen LogP contribution in [0.5, 0.6) is 0 Å². The Balaban J connectivity index is 2.24. The lowest BCUT2D eigenvalue weighted by atomic mass is 10.1. The minimum absolute atomic E-state index is 0.247. The normalized spacial score (nSPS) is 12.7. The van der Waals surface area contributed by atoms with Crippen LogP contribution in [0.2, 0.25) is 0 Å². The largest absolute Gasteiger partial charge is 0.318 e. The molecule has 3 N–H and O–H groups in total. The summed E-state index contributed by atoms with van der Waals surface area (Å²) < 4.78 is 0. The Bertz CT molecular complexity index is 421. The highest BCUT2D eigenvalue weighted by atomic mass is 15.2. The van der Waals surface area contributed by atoms with Gasteiger partial charge in [0.05, 0.1) is 6.04 Å². The van der Waals surface area contributed by atoms with Crippen LogP contribution in [0, 0.1) is 0 Å². The lowest BCUT2D eigenvalue weighted by Gasteiger charge is -2.06. The van der Waals surface area contributed by atoms with Crippen molar-refractivity contribution in [3.8, 4) is 0 Å². The highest BCUT2D eigenvalue weighted by Gasteiger charge is 2.13. The molecular weight excluding hydrogens is 188 g/mol. The zero-order valence-corrected chi connectivity index (χ0v) is 8.64. The third kappa shape index (κ3) is 2.05. The maximum Gasteiger partial charge on any atom is 0.171 e. The van der Waals surface area contributed by atoms with Gasteiger partial charge < -0.3 is 5.73 Å². The fraction of sp³-hybridized carbons (Fsp3) is 0.273. The van der Waals surface area contributed by atoms with Gasteiger partial charge in [-0.05, 0) is 5.56 Å². The molecule has 0 spiro atoms. The van der Waals surface area contributed by atoms with Crippen molar-refractivity contribution in [3.05, 3.63) is 47.5 Å². The van der Waals surface area contributed by atoms with Crippen LogP contribution in [0.3, 0.4) is 0 Å². The molecule has 78 valence electrons. The zero-order chi connectivity index (χ0) is 10.7. The van der Waals surface area contributed by atoms with Gasteiger partial charge in [0.15, 0.2) is 5.82 Å². The van der Waals surface area contributed by atoms with Crippen LogP contribution in [0.25, 0.3) is 0 Å². The first-order valence-corrected chi connectivity index (χ1v) is 5.03. The Morgan fingerprint density at radius 2 is 2.07 bits per heavy atom. The number of nitrogens with zero attached hydrogens (tertiary/aromatic N) is 2. The molecule has 4 heteroatoms. The predicted octanol–water partition coefficient (Wildman–Crippen LogP) is 1.42. The van der Waals surface area contributed by atoms with Crippen LogP contribution in [0.1, 0.15) is 30.2 Å². The number of aromatic amines is 1. The molecule has 0 bridgehead atoms. The molecule has 0 aliphatic heterocycles. The minimum atomic E-state index is -0.247. The molecule has 2 rings (SSSR count). The summed E-state index contributed by atoms with van der Waals surface area (Å²) in [6.45, 7) is 2.03. The van der Waals surface area contributed by atoms with Crippen LogP contribution in [0.15, 0.2) is 30.3 Å². The van der Waals surface area contributed by atoms with Crippen LogP contribution in [-0.4, -0.2) is 15.2 Å². The number of hydrogen-bond donors (Lipinski definition) is 2. The highest BCUT2D eigenvalue weighted by molar-refractivity contribution is 5.23. The van der Waals surface area contributed by atoms with E-state index in [0.29, 0.717) is 5.82 Å². The molecule has 0 aliphatic rings. The monoisotopic (exact) mass is 202 g/mol. The first-order valence-electron chi connectivity index (χ1n) is 5.03. The van der Waals surface area contributed by atoms with Gasteiger partial charge in [0.25, 0.3) is 0 Å². The number of nitrogens with one attached hydrogen (secondary N) is 1. The lowest BCUT2D eigenvalue weighted by Crippen LogP contribution is -2.13. The van der Waals surface area contributed by atoms with Crippen LogP contribution >= 0.6 is 0 Å². The number of benzene rings is 1. The molecule has 15 heavy (non-hydrogen) atoms. The standard InChI is InChI=1S/C11H14N4/c1-2-9-13-11(15-14-9)10(12)8-6-4-3-5-7-8/h3-7,10H,2,12H2,1H3,(H,13,14,15)/t10-/m0/s1. The molecule has 1 aromatic heterocycles. The van der Waals surface area contributed by atoms with Gasteiger partial charge in [-0.15, -0.1) is 0 Å². The number of aryl methyl sites for hydroxylation is 1. The van der Waals surface area contributed by atoms with E-state index in [1.165, 1.54) is 0 Å². The van der Waals surface area contributed by atoms with Crippen LogP contribution in [0.4, 0.5) is 0 Å². The Labute approximate surface area is 88.5 Å². The van der Waals surface area contributed by atoms with E-state index in [-0.39, 0.29) is 6.04 Å². The van der Waals surface area contributed by atoms with E-state index < -0.39 is 0 Å². The third-order valence-electron chi connectivity index (χ3n) is 2.32. The summed E-state index contributed by atoms with van der Waals surface area (Å²) in [5.74, 6) is 1.52. The van der Waals surface area contributed by atoms with E-state index in [2.05, 4.69) is 15.2 Å². The van der Waals surface area contributed by atoms with Crippen molar-refractivity contribution >= 4 is 0 Å². The maximum atomic E-state index is 6.04. The smallest absolute Gasteiger partial charge is 0.171 e. The molecule has 0 unspecified atom stereocenters. The number of hydrogen-bond acceptors (Lipinski definition) is 3. The molecule has 0 amide bonds. The Kier molecular flexibility index (Phi) is 2.78. The minimum Gasteiger partial charge on any atom is -0.318 e. The number of rotatable bonds is 3. The molecular formula is C11H14N4. The zero-order valence-electron chi connectivity index (χ0n) is 8.64. The predicted molar refractivity (Wildman–Crippen MR) is 58.2 cm³/mol. The molecule has 1 aromatic carbocycles. The van der Waals surface area contributed by atoms with E-state index in [4.69, 9.17) is 5.73 Å². The van der Waals surface area contributed by atoms with E-state index in [1.807, 2.05) is 37.3 Å². The van der Waals surface area contributed by atoms with E-state index in [0.717, 1.165) is 17.8 Å². The molecule has 0 saturated carbocycles. The second-order valence-electron chi connectivity index (χ2n) is 3.38. The summed E-state index contributed by atoms with van der Waals surface area (Å²) in [7, 11) is 0. The number of H-pyrrole nitrogens is 1. The molecule has 1 heterocycles. The fourth-order valence-corrected chi connectivity index (χ4v) is 1.42. The van der Waals surface area contributed by atoms with E-state index in [1.54, 1.807) is 0 Å². The maximum absolute atomic E-state index is 6.04. The van der Waals surface area contributed by atoms with Crippen molar-refractivity contribution in [2.75, 3.05) is 0 Å². The Morgan fingerprint density at radius 3 is 2.67 bits per heavy atom. The van der Waals surface area contributed by atoms with E-state index in [9.17, 15) is 0 Å². The first-order chi connectivity index (χ1) is 7.31. The van der Waals surface area contributed by atoms with Gasteiger partial charge in [-0.25, -0.2) is 4.98 Å². The summed E-state index contributed by atoms with van der Waals surface area (Å²) in [6.07, 6.45) is 0.842. The van der Waals surface area contributed by atoms with Crippen molar-refractivity contribution in [3.63, 3.8) is 0 Å². The van der Waals surface area contributed by atoms with Gasteiger partial charge in [0.1, 0.15) is 5.82 Å². The average molecular weight is 202 g/mol.